The normalized spacial score (nSPS) is 22.6. The molecule has 0 bridgehead atoms. The summed E-state index contributed by atoms with van der Waals surface area (Å²) in [7, 11) is 1.37. The maximum Gasteiger partial charge on any atom is 0.414 e. The highest BCUT2D eigenvalue weighted by atomic mass is 19.1. The zero-order valence-electron chi connectivity index (χ0n) is 17.1. The van der Waals surface area contributed by atoms with Gasteiger partial charge in [-0.05, 0) is 61.9 Å². The minimum atomic E-state index is -0.856. The SMILES string of the molecule is C=C(C)OC(=O)N1CC[C@H]2Cc3c(cnn3-c3ccc(F)cc3)C[C@]2(C(=O)OC)C1. The molecule has 2 aromatic rings. The zero-order chi connectivity index (χ0) is 21.5. The van der Waals surface area contributed by atoms with Gasteiger partial charge in [-0.1, -0.05) is 6.58 Å². The largest absolute Gasteiger partial charge is 0.469 e. The van der Waals surface area contributed by atoms with E-state index in [4.69, 9.17) is 9.47 Å². The average molecular weight is 413 g/mol. The van der Waals surface area contributed by atoms with Crippen molar-refractivity contribution in [2.45, 2.75) is 26.2 Å². The molecule has 158 valence electrons. The van der Waals surface area contributed by atoms with E-state index in [0.29, 0.717) is 31.6 Å². The second kappa shape index (κ2) is 7.59. The summed E-state index contributed by atoms with van der Waals surface area (Å²) in [6.07, 6.45) is 2.90. The molecule has 1 fully saturated rings. The number of benzene rings is 1. The van der Waals surface area contributed by atoms with Crippen LogP contribution in [0.4, 0.5) is 9.18 Å². The molecule has 0 spiro atoms. The second-order valence-electron chi connectivity index (χ2n) is 8.01. The number of amides is 1. The van der Waals surface area contributed by atoms with E-state index in [1.807, 2.05) is 0 Å². The quantitative estimate of drug-likeness (QED) is 0.570. The van der Waals surface area contributed by atoms with Crippen LogP contribution in [0.5, 0.6) is 0 Å². The minimum Gasteiger partial charge on any atom is -0.469 e. The van der Waals surface area contributed by atoms with E-state index in [-0.39, 0.29) is 24.2 Å². The van der Waals surface area contributed by atoms with E-state index in [2.05, 4.69) is 11.7 Å². The predicted octanol–water partition coefficient (Wildman–Crippen LogP) is 3.26. The number of ether oxygens (including phenoxy) is 2. The molecule has 2 aliphatic rings. The molecule has 0 radical (unpaired) electrons. The molecule has 30 heavy (non-hydrogen) atoms. The molecule has 2 atom stereocenters. The van der Waals surface area contributed by atoms with Crippen LogP contribution in [0, 0.1) is 17.2 Å². The number of hydrogen-bond donors (Lipinski definition) is 0. The summed E-state index contributed by atoms with van der Waals surface area (Å²) >= 11 is 0. The lowest BCUT2D eigenvalue weighted by Gasteiger charge is -2.48. The summed E-state index contributed by atoms with van der Waals surface area (Å²) in [6, 6.07) is 6.16. The van der Waals surface area contributed by atoms with Crippen molar-refractivity contribution < 1.29 is 23.5 Å². The number of piperidine rings is 1. The van der Waals surface area contributed by atoms with Crippen LogP contribution in [0.1, 0.15) is 24.6 Å². The van der Waals surface area contributed by atoms with Crippen LogP contribution in [0.15, 0.2) is 42.8 Å². The Morgan fingerprint density at radius 2 is 2.03 bits per heavy atom. The number of nitrogens with zero attached hydrogens (tertiary/aromatic N) is 3. The van der Waals surface area contributed by atoms with Gasteiger partial charge < -0.3 is 14.4 Å². The molecule has 1 amide bonds. The van der Waals surface area contributed by atoms with Crippen molar-refractivity contribution in [2.24, 2.45) is 11.3 Å². The number of aromatic nitrogens is 2. The fourth-order valence-corrected chi connectivity index (χ4v) is 4.66. The van der Waals surface area contributed by atoms with Crippen LogP contribution in [0.2, 0.25) is 0 Å². The van der Waals surface area contributed by atoms with Crippen LogP contribution >= 0.6 is 0 Å². The van der Waals surface area contributed by atoms with Gasteiger partial charge in [0.05, 0.1) is 30.2 Å². The van der Waals surface area contributed by atoms with Gasteiger partial charge >= 0.3 is 12.1 Å². The maximum atomic E-state index is 13.3. The summed E-state index contributed by atoms with van der Waals surface area (Å²) in [5, 5.41) is 4.49. The Hall–Kier alpha value is -3.16. The third-order valence-electron chi connectivity index (χ3n) is 6.09. The number of carbonyl (C=O) groups is 2. The molecular formula is C22H24FN3O4. The number of allylic oxidation sites excluding steroid dienone is 1. The number of esters is 1. The van der Waals surface area contributed by atoms with Crippen molar-refractivity contribution in [3.63, 3.8) is 0 Å². The highest BCUT2D eigenvalue weighted by Crippen LogP contribution is 2.46. The highest BCUT2D eigenvalue weighted by molar-refractivity contribution is 5.80. The lowest BCUT2D eigenvalue weighted by molar-refractivity contribution is -0.161. The van der Waals surface area contributed by atoms with Gasteiger partial charge in [0.1, 0.15) is 5.82 Å². The number of halogens is 1. The van der Waals surface area contributed by atoms with Gasteiger partial charge in [0.25, 0.3) is 0 Å². The molecule has 0 N–H and O–H groups in total. The van der Waals surface area contributed by atoms with Gasteiger partial charge in [-0.25, -0.2) is 13.9 Å². The molecule has 7 nitrogen and oxygen atoms in total. The Labute approximate surface area is 174 Å². The van der Waals surface area contributed by atoms with E-state index >= 15 is 0 Å². The van der Waals surface area contributed by atoms with Crippen molar-refractivity contribution >= 4 is 12.1 Å². The van der Waals surface area contributed by atoms with Gasteiger partial charge in [-0.2, -0.15) is 5.10 Å². The van der Waals surface area contributed by atoms with E-state index in [9.17, 15) is 14.0 Å². The van der Waals surface area contributed by atoms with Crippen molar-refractivity contribution in [3.8, 4) is 5.69 Å². The van der Waals surface area contributed by atoms with Gasteiger partial charge in [-0.3, -0.25) is 4.79 Å². The van der Waals surface area contributed by atoms with Crippen molar-refractivity contribution in [1.82, 2.24) is 14.7 Å². The third-order valence-corrected chi connectivity index (χ3v) is 6.09. The molecule has 1 saturated heterocycles. The molecular weight excluding hydrogens is 389 g/mol. The van der Waals surface area contributed by atoms with Crippen molar-refractivity contribution in [3.05, 3.63) is 59.9 Å². The third kappa shape index (κ3) is 3.36. The number of hydrogen-bond acceptors (Lipinski definition) is 5. The topological polar surface area (TPSA) is 73.7 Å². The lowest BCUT2D eigenvalue weighted by atomic mass is 9.62. The monoisotopic (exact) mass is 413 g/mol. The Balaban J connectivity index is 1.68. The predicted molar refractivity (Wildman–Crippen MR) is 106 cm³/mol. The molecule has 1 aliphatic carbocycles. The fourth-order valence-electron chi connectivity index (χ4n) is 4.66. The molecule has 4 rings (SSSR count). The van der Waals surface area contributed by atoms with E-state index in [0.717, 1.165) is 16.9 Å². The fraction of sp³-hybridized carbons (Fsp3) is 0.409. The van der Waals surface area contributed by atoms with Gasteiger partial charge in [0.2, 0.25) is 0 Å². The van der Waals surface area contributed by atoms with Crippen LogP contribution in [-0.4, -0.2) is 46.9 Å². The van der Waals surface area contributed by atoms with Crippen LogP contribution < -0.4 is 0 Å². The summed E-state index contributed by atoms with van der Waals surface area (Å²) in [6.45, 7) is 5.92. The minimum absolute atomic E-state index is 0.0118. The first-order chi connectivity index (χ1) is 14.3. The number of carbonyl (C=O) groups excluding carboxylic acids is 2. The first-order valence-electron chi connectivity index (χ1n) is 9.86. The van der Waals surface area contributed by atoms with Crippen LogP contribution in [-0.2, 0) is 27.1 Å². The van der Waals surface area contributed by atoms with Gasteiger partial charge in [-0.15, -0.1) is 0 Å². The Bertz CT molecular complexity index is 1000. The first-order valence-corrected chi connectivity index (χ1v) is 9.86. The number of fused-ring (bicyclic) bond motifs is 2. The summed E-state index contributed by atoms with van der Waals surface area (Å²) in [5.41, 5.74) is 1.84. The standard InChI is InChI=1S/C22H24FN3O4/c1-14(2)30-21(28)25-9-8-16-10-19-15(11-22(16,13-25)20(27)29-3)12-24-26(19)18-6-4-17(23)5-7-18/h4-7,12,16H,1,8-11,13H2,2-3H3/t16-,22-/m0/s1. The molecule has 1 aliphatic heterocycles. The zero-order valence-corrected chi connectivity index (χ0v) is 17.1. The van der Waals surface area contributed by atoms with E-state index < -0.39 is 11.5 Å². The van der Waals surface area contributed by atoms with E-state index in [1.165, 1.54) is 19.2 Å². The number of likely N-dealkylation sites (tertiary alicyclic amines) is 1. The lowest BCUT2D eigenvalue weighted by Crippen LogP contribution is -2.58. The highest BCUT2D eigenvalue weighted by Gasteiger charge is 2.54. The maximum absolute atomic E-state index is 13.3. The van der Waals surface area contributed by atoms with Crippen molar-refractivity contribution in [2.75, 3.05) is 20.2 Å². The smallest absolute Gasteiger partial charge is 0.414 e. The van der Waals surface area contributed by atoms with Crippen molar-refractivity contribution in [1.29, 1.82) is 0 Å². The molecule has 0 saturated carbocycles. The molecule has 8 heteroatoms. The van der Waals surface area contributed by atoms with Crippen LogP contribution in [0.25, 0.3) is 5.69 Å². The average Bonchev–Trinajstić information content (AvgIpc) is 3.13. The Kier molecular flexibility index (Phi) is 5.09. The molecule has 1 aromatic heterocycles. The Morgan fingerprint density at radius 1 is 1.30 bits per heavy atom. The molecule has 2 heterocycles. The van der Waals surface area contributed by atoms with E-state index in [1.54, 1.807) is 34.8 Å². The first kappa shape index (κ1) is 20.1. The molecule has 1 aromatic carbocycles. The molecule has 0 unspecified atom stereocenters. The van der Waals surface area contributed by atoms with Crippen LogP contribution in [0.3, 0.4) is 0 Å². The Morgan fingerprint density at radius 3 is 2.70 bits per heavy atom. The van der Waals surface area contributed by atoms with Gasteiger partial charge in [0, 0.05) is 18.8 Å². The summed E-state index contributed by atoms with van der Waals surface area (Å²) in [5.74, 6) is -0.345. The number of methoxy groups -OCH3 is 1. The summed E-state index contributed by atoms with van der Waals surface area (Å²) in [4.78, 5) is 26.9. The van der Waals surface area contributed by atoms with Gasteiger partial charge in [0.15, 0.2) is 0 Å². The second-order valence-corrected chi connectivity index (χ2v) is 8.01. The number of rotatable bonds is 3. The summed E-state index contributed by atoms with van der Waals surface area (Å²) < 4.78 is 25.5.